The van der Waals surface area contributed by atoms with Gasteiger partial charge >= 0.3 is 0 Å². The van der Waals surface area contributed by atoms with Gasteiger partial charge in [-0.15, -0.1) is 0 Å². The average molecular weight is 500 g/mol. The molecule has 1 fully saturated rings. The highest BCUT2D eigenvalue weighted by Crippen LogP contribution is 2.35. The summed E-state index contributed by atoms with van der Waals surface area (Å²) in [6.07, 6.45) is 4.46. The second kappa shape index (κ2) is 9.84. The van der Waals surface area contributed by atoms with Gasteiger partial charge in [-0.25, -0.2) is 4.98 Å². The molecule has 1 saturated heterocycles. The van der Waals surface area contributed by atoms with E-state index in [1.165, 1.54) is 35.6 Å². The van der Waals surface area contributed by atoms with E-state index in [9.17, 15) is 0 Å². The second-order valence-electron chi connectivity index (χ2n) is 9.64. The van der Waals surface area contributed by atoms with E-state index in [4.69, 9.17) is 24.3 Å². The normalized spacial score (nSPS) is 15.5. The lowest BCUT2D eigenvalue weighted by molar-refractivity contribution is 0.394. The van der Waals surface area contributed by atoms with E-state index in [1.54, 1.807) is 21.3 Å². The molecule has 1 aliphatic heterocycles. The number of piperazine rings is 1. The van der Waals surface area contributed by atoms with Gasteiger partial charge < -0.3 is 24.0 Å². The molecule has 8 nitrogen and oxygen atoms in total. The van der Waals surface area contributed by atoms with Gasteiger partial charge in [0.05, 0.1) is 27.0 Å². The highest BCUT2D eigenvalue weighted by Gasteiger charge is 2.27. The van der Waals surface area contributed by atoms with Gasteiger partial charge in [-0.3, -0.25) is 0 Å². The summed E-state index contributed by atoms with van der Waals surface area (Å²) >= 11 is 0. The van der Waals surface area contributed by atoms with E-state index < -0.39 is 0 Å². The first-order valence-corrected chi connectivity index (χ1v) is 13.0. The van der Waals surface area contributed by atoms with E-state index >= 15 is 0 Å². The molecule has 2 aromatic heterocycles. The molecule has 0 N–H and O–H groups in total. The van der Waals surface area contributed by atoms with Crippen molar-refractivity contribution in [3.05, 3.63) is 59.8 Å². The van der Waals surface area contributed by atoms with Crippen LogP contribution >= 0.6 is 0 Å². The summed E-state index contributed by atoms with van der Waals surface area (Å²) in [7, 11) is 5.04. The summed E-state index contributed by atoms with van der Waals surface area (Å²) in [5, 5.41) is 5.09. The van der Waals surface area contributed by atoms with Crippen LogP contribution in [0, 0.1) is 0 Å². The van der Waals surface area contributed by atoms with Crippen LogP contribution in [0.25, 0.3) is 16.9 Å². The fraction of sp³-hybridized carbons (Fsp3) is 0.379. The molecule has 0 unspecified atom stereocenters. The Morgan fingerprint density at radius 2 is 1.35 bits per heavy atom. The van der Waals surface area contributed by atoms with Gasteiger partial charge in [0.2, 0.25) is 0 Å². The summed E-state index contributed by atoms with van der Waals surface area (Å²) in [6.45, 7) is 3.76. The molecule has 0 bridgehead atoms. The van der Waals surface area contributed by atoms with Crippen molar-refractivity contribution in [2.75, 3.05) is 57.3 Å². The molecular weight excluding hydrogens is 466 g/mol. The van der Waals surface area contributed by atoms with Crippen molar-refractivity contribution in [2.45, 2.75) is 25.7 Å². The number of aryl methyl sites for hydroxylation is 1. The third kappa shape index (κ3) is 4.41. The van der Waals surface area contributed by atoms with Crippen LogP contribution in [0.4, 0.5) is 11.5 Å². The number of anilines is 2. The van der Waals surface area contributed by atoms with E-state index in [1.807, 2.05) is 30.3 Å². The minimum absolute atomic E-state index is 0.744. The molecule has 1 aliphatic carbocycles. The standard InChI is InChI=1S/C29H33N5O3/c1-35-22-10-8-21(9-11-22)32-12-14-33(15-13-32)29-25-6-4-5-7-26(25)30-28-19-27(31-34(28)29)20-16-23(36-2)18-24(17-20)37-3/h8-11,16-19H,4-7,12-15H2,1-3H3. The fourth-order valence-electron chi connectivity index (χ4n) is 5.52. The zero-order valence-electron chi connectivity index (χ0n) is 21.7. The maximum Gasteiger partial charge on any atom is 0.158 e. The van der Waals surface area contributed by atoms with E-state index in [0.717, 1.165) is 73.2 Å². The molecule has 2 aliphatic rings. The van der Waals surface area contributed by atoms with Gasteiger partial charge in [-0.05, 0) is 62.1 Å². The van der Waals surface area contributed by atoms with Crippen LogP contribution in [0.15, 0.2) is 48.5 Å². The zero-order chi connectivity index (χ0) is 25.4. The monoisotopic (exact) mass is 499 g/mol. The Labute approximate surface area is 217 Å². The summed E-state index contributed by atoms with van der Waals surface area (Å²) in [5.41, 5.74) is 6.52. The molecule has 0 spiro atoms. The Morgan fingerprint density at radius 3 is 2.03 bits per heavy atom. The fourth-order valence-corrected chi connectivity index (χ4v) is 5.52. The van der Waals surface area contributed by atoms with E-state index in [-0.39, 0.29) is 0 Å². The van der Waals surface area contributed by atoms with Crippen molar-refractivity contribution in [3.63, 3.8) is 0 Å². The molecule has 3 heterocycles. The smallest absolute Gasteiger partial charge is 0.158 e. The second-order valence-corrected chi connectivity index (χ2v) is 9.64. The largest absolute Gasteiger partial charge is 0.497 e. The van der Waals surface area contributed by atoms with Crippen LogP contribution in [-0.2, 0) is 12.8 Å². The maximum atomic E-state index is 5.50. The average Bonchev–Trinajstić information content (AvgIpc) is 3.39. The third-order valence-corrected chi connectivity index (χ3v) is 7.51. The lowest BCUT2D eigenvalue weighted by Gasteiger charge is -2.38. The van der Waals surface area contributed by atoms with Gasteiger partial charge in [0.15, 0.2) is 5.65 Å². The molecule has 0 amide bonds. The van der Waals surface area contributed by atoms with E-state index in [2.05, 4.69) is 32.5 Å². The van der Waals surface area contributed by atoms with Gasteiger partial charge in [-0.1, -0.05) is 0 Å². The van der Waals surface area contributed by atoms with Gasteiger partial charge in [-0.2, -0.15) is 9.61 Å². The number of rotatable bonds is 6. The third-order valence-electron chi connectivity index (χ3n) is 7.51. The Balaban J connectivity index is 1.36. The molecule has 4 aromatic rings. The molecule has 8 heteroatoms. The minimum Gasteiger partial charge on any atom is -0.497 e. The highest BCUT2D eigenvalue weighted by molar-refractivity contribution is 5.70. The predicted octanol–water partition coefficient (Wildman–Crippen LogP) is 4.63. The number of methoxy groups -OCH3 is 3. The Morgan fingerprint density at radius 1 is 0.703 bits per heavy atom. The SMILES string of the molecule is COc1ccc(N2CCN(c3c4c(nc5cc(-c6cc(OC)cc(OC)c6)nn35)CCCC4)CC2)cc1. The van der Waals surface area contributed by atoms with Gasteiger partial charge in [0.1, 0.15) is 23.1 Å². The minimum atomic E-state index is 0.744. The van der Waals surface area contributed by atoms with Crippen LogP contribution in [-0.4, -0.2) is 62.1 Å². The van der Waals surface area contributed by atoms with E-state index in [0.29, 0.717) is 0 Å². The summed E-state index contributed by atoms with van der Waals surface area (Å²) < 4.78 is 18.4. The molecule has 0 radical (unpaired) electrons. The zero-order valence-corrected chi connectivity index (χ0v) is 21.7. The lowest BCUT2D eigenvalue weighted by Crippen LogP contribution is -2.47. The van der Waals surface area contributed by atoms with Crippen LogP contribution in [0.2, 0.25) is 0 Å². The maximum absolute atomic E-state index is 5.50. The Kier molecular flexibility index (Phi) is 6.24. The number of benzene rings is 2. The van der Waals surface area contributed by atoms with Crippen molar-refractivity contribution in [3.8, 4) is 28.5 Å². The van der Waals surface area contributed by atoms with Crippen LogP contribution in [0.1, 0.15) is 24.1 Å². The topological polar surface area (TPSA) is 64.4 Å². The van der Waals surface area contributed by atoms with Crippen molar-refractivity contribution in [2.24, 2.45) is 0 Å². The number of nitrogens with zero attached hydrogens (tertiary/aromatic N) is 5. The number of ether oxygens (including phenoxy) is 3. The summed E-state index contributed by atoms with van der Waals surface area (Å²) in [4.78, 5) is 10.0. The first-order chi connectivity index (χ1) is 18.2. The number of fused-ring (bicyclic) bond motifs is 2. The molecule has 2 aromatic carbocycles. The number of aromatic nitrogens is 3. The number of hydrogen-bond acceptors (Lipinski definition) is 7. The highest BCUT2D eigenvalue weighted by atomic mass is 16.5. The predicted molar refractivity (Wildman–Crippen MR) is 146 cm³/mol. The van der Waals surface area contributed by atoms with Crippen molar-refractivity contribution in [1.29, 1.82) is 0 Å². The molecule has 37 heavy (non-hydrogen) atoms. The van der Waals surface area contributed by atoms with Gasteiger partial charge in [0, 0.05) is 60.8 Å². The lowest BCUT2D eigenvalue weighted by atomic mass is 9.96. The van der Waals surface area contributed by atoms with Crippen LogP contribution in [0.3, 0.4) is 0 Å². The first kappa shape index (κ1) is 23.5. The quantitative estimate of drug-likeness (QED) is 0.383. The van der Waals surface area contributed by atoms with Gasteiger partial charge in [0.25, 0.3) is 0 Å². The molecule has 0 atom stereocenters. The van der Waals surface area contributed by atoms with Crippen LogP contribution < -0.4 is 24.0 Å². The molecular formula is C29H33N5O3. The first-order valence-electron chi connectivity index (χ1n) is 13.0. The van der Waals surface area contributed by atoms with Crippen molar-refractivity contribution >= 4 is 17.2 Å². The molecule has 6 rings (SSSR count). The molecule has 0 saturated carbocycles. The molecule has 192 valence electrons. The Hall–Kier alpha value is -3.94. The van der Waals surface area contributed by atoms with Crippen LogP contribution in [0.5, 0.6) is 17.2 Å². The Bertz CT molecular complexity index is 1390. The summed E-state index contributed by atoms with van der Waals surface area (Å²) in [5.74, 6) is 3.58. The van der Waals surface area contributed by atoms with Crippen molar-refractivity contribution < 1.29 is 14.2 Å². The van der Waals surface area contributed by atoms with Crippen molar-refractivity contribution in [1.82, 2.24) is 14.6 Å². The summed E-state index contributed by atoms with van der Waals surface area (Å²) in [6, 6.07) is 16.3. The number of hydrogen-bond donors (Lipinski definition) is 0.